The Kier molecular flexibility index (Phi) is 19.1. The van der Waals surface area contributed by atoms with Gasteiger partial charge >= 0.3 is 0 Å². The molecule has 0 aliphatic carbocycles. The van der Waals surface area contributed by atoms with E-state index in [4.69, 9.17) is 0 Å². The fourth-order valence-corrected chi connectivity index (χ4v) is 20.2. The highest BCUT2D eigenvalue weighted by Crippen LogP contribution is 2.52. The molecule has 25 rings (SSSR count). The average Bonchev–Trinajstić information content (AvgIpc) is 0.771. The molecule has 25 aromatic rings. The van der Waals surface area contributed by atoms with E-state index in [0.717, 1.165) is 0 Å². The van der Waals surface area contributed by atoms with Crippen molar-refractivity contribution < 1.29 is 0 Å². The first kappa shape index (κ1) is 74.7. The van der Waals surface area contributed by atoms with Gasteiger partial charge < -0.3 is 0 Å². The maximum Gasteiger partial charge on any atom is -0.00199 e. The molecule has 0 saturated heterocycles. The summed E-state index contributed by atoms with van der Waals surface area (Å²) in [5.41, 5.74) is 25.2. The van der Waals surface area contributed by atoms with Gasteiger partial charge in [0.1, 0.15) is 0 Å². The Morgan fingerprint density at radius 2 is 0.310 bits per heavy atom. The van der Waals surface area contributed by atoms with E-state index in [1.54, 1.807) is 0 Å². The van der Waals surface area contributed by atoms with Gasteiger partial charge in [0.05, 0.1) is 0 Å². The van der Waals surface area contributed by atoms with Crippen LogP contribution in [0.3, 0.4) is 0 Å². The highest BCUT2D eigenvalue weighted by atomic mass is 14.3. The molecule has 0 aliphatic heterocycles. The third-order valence-electron chi connectivity index (χ3n) is 25.9. The smallest absolute Gasteiger partial charge is 0.00199 e. The summed E-state index contributed by atoms with van der Waals surface area (Å²) >= 11 is 0. The largest absolute Gasteiger partial charge is 0.0622 e. The van der Waals surface area contributed by atoms with Crippen molar-refractivity contribution in [1.82, 2.24) is 0 Å². The molecule has 0 N–H and O–H groups in total. The van der Waals surface area contributed by atoms with Crippen LogP contribution in [0, 0.1) is 0 Å². The fourth-order valence-electron chi connectivity index (χ4n) is 20.2. The molecule has 0 unspecified atom stereocenters. The molecule has 586 valence electrons. The Morgan fingerprint density at radius 3 is 0.714 bits per heavy atom. The maximum atomic E-state index is 2.41. The zero-order valence-corrected chi connectivity index (χ0v) is 69.3. The summed E-state index contributed by atoms with van der Waals surface area (Å²) in [6.07, 6.45) is 0. The molecular weight excluding hydrogens is 1510 g/mol. The van der Waals surface area contributed by atoms with Gasteiger partial charge in [0.2, 0.25) is 0 Å². The van der Waals surface area contributed by atoms with Crippen molar-refractivity contribution in [3.05, 3.63) is 497 Å². The molecular formula is C126H82. The van der Waals surface area contributed by atoms with Gasteiger partial charge in [-0.25, -0.2) is 0 Å². The predicted octanol–water partition coefficient (Wildman–Crippen LogP) is 35.6. The van der Waals surface area contributed by atoms with Crippen molar-refractivity contribution in [2.75, 3.05) is 0 Å². The Bertz CT molecular complexity index is 8370. The van der Waals surface area contributed by atoms with Crippen LogP contribution in [0.4, 0.5) is 0 Å². The van der Waals surface area contributed by atoms with E-state index in [2.05, 4.69) is 497 Å². The molecule has 0 amide bonds. The molecule has 0 nitrogen and oxygen atoms in total. The van der Waals surface area contributed by atoms with E-state index in [-0.39, 0.29) is 0 Å². The number of hydrogen-bond donors (Lipinski definition) is 0. The molecule has 0 spiro atoms. The molecule has 0 aromatic heterocycles. The molecule has 0 bridgehead atoms. The number of benzene rings is 25. The molecule has 25 aromatic carbocycles. The van der Waals surface area contributed by atoms with Crippen LogP contribution in [0.2, 0.25) is 0 Å². The summed E-state index contributed by atoms with van der Waals surface area (Å²) in [5.74, 6) is 0. The molecule has 126 heavy (non-hydrogen) atoms. The molecule has 0 aliphatic rings. The van der Waals surface area contributed by atoms with Gasteiger partial charge in [-0.15, -0.1) is 0 Å². The SMILES string of the molecule is c1cc(-c2cccc3ccccc23)cc(-c2c3ccccc3c(-c3cccc4ccccc34)c3ccccc23)c1.c1ccc(-c2ccc(-c3c4ccccc4c(-c4cc5ccccc5cc4-c4cccc5ccccc45)c4ccccc34)cc2)cc1.c1ccc2cc(-c3ccc(-c4c5ccccc5c(-c5cccc6ccccc56)c5ccccc45)cc3)ccc2c1. The van der Waals surface area contributed by atoms with Gasteiger partial charge in [-0.05, 0) is 265 Å². The Morgan fingerprint density at radius 1 is 0.0794 bits per heavy atom. The van der Waals surface area contributed by atoms with E-state index in [1.807, 2.05) is 0 Å². The van der Waals surface area contributed by atoms with Crippen molar-refractivity contribution in [1.29, 1.82) is 0 Å². The lowest BCUT2D eigenvalue weighted by Crippen LogP contribution is -1.94. The van der Waals surface area contributed by atoms with E-state index in [1.165, 1.54) is 241 Å². The quantitative estimate of drug-likeness (QED) is 0.120. The normalized spacial score (nSPS) is 11.5. The second kappa shape index (κ2) is 32.2. The molecule has 0 heterocycles. The van der Waals surface area contributed by atoms with Gasteiger partial charge in [0.25, 0.3) is 0 Å². The topological polar surface area (TPSA) is 0 Å². The van der Waals surface area contributed by atoms with Gasteiger partial charge in [0, 0.05) is 0 Å². The van der Waals surface area contributed by atoms with Crippen molar-refractivity contribution in [2.45, 2.75) is 0 Å². The van der Waals surface area contributed by atoms with Gasteiger partial charge in [-0.1, -0.05) is 473 Å². The van der Waals surface area contributed by atoms with Crippen LogP contribution in [0.25, 0.3) is 241 Å². The van der Waals surface area contributed by atoms with E-state index >= 15 is 0 Å². The molecule has 0 fully saturated rings. The van der Waals surface area contributed by atoms with E-state index in [9.17, 15) is 0 Å². The monoisotopic (exact) mass is 1590 g/mol. The fraction of sp³-hybridized carbons (Fsp3) is 0. The second-order valence-corrected chi connectivity index (χ2v) is 33.0. The molecule has 0 atom stereocenters. The first-order valence-electron chi connectivity index (χ1n) is 43.7. The van der Waals surface area contributed by atoms with Gasteiger partial charge in [-0.2, -0.15) is 0 Å². The number of fused-ring (bicyclic) bond motifs is 12. The first-order chi connectivity index (χ1) is 62.5. The minimum atomic E-state index is 1.23. The molecule has 0 saturated carbocycles. The van der Waals surface area contributed by atoms with Crippen LogP contribution in [-0.4, -0.2) is 0 Å². The first-order valence-corrected chi connectivity index (χ1v) is 43.7. The third-order valence-corrected chi connectivity index (χ3v) is 25.9. The standard InChI is InChI=1S/C46H30.2C40H26/c1-2-13-31(14-3-1)32-25-27-34(28-26-32)45-39-20-8-10-22-41(39)46(42-23-11-9-21-40(42)45)44-30-36-17-5-4-16-35(36)29-43(44)38-24-12-18-33-15-6-7-19-37(33)38;1-3-18-31-27(12-1)14-10-24-33(31)29-16-9-17-30(26-29)39-35-20-5-7-22-37(35)40(38-23-8-6-21-36(38)39)34-25-11-15-28-13-2-4-19-32(28)34;1-2-12-31-26-32(25-22-27(31)10-1)28-20-23-30(24-21-28)39-35-15-5-7-17-37(35)40(38-18-8-6-16-36(38)39)34-19-9-13-29-11-3-4-14-33(29)34/h1-30H;2*1-26H. The summed E-state index contributed by atoms with van der Waals surface area (Å²) in [5, 5.41) is 30.5. The van der Waals surface area contributed by atoms with Crippen LogP contribution < -0.4 is 0 Å². The van der Waals surface area contributed by atoms with Crippen molar-refractivity contribution >= 4 is 129 Å². The van der Waals surface area contributed by atoms with E-state index in [0.29, 0.717) is 0 Å². The van der Waals surface area contributed by atoms with Crippen LogP contribution in [0.5, 0.6) is 0 Å². The summed E-state index contributed by atoms with van der Waals surface area (Å²) in [6.45, 7) is 0. The predicted molar refractivity (Wildman–Crippen MR) is 544 cm³/mol. The molecule has 0 heteroatoms. The van der Waals surface area contributed by atoms with Crippen LogP contribution in [0.15, 0.2) is 497 Å². The minimum Gasteiger partial charge on any atom is -0.0622 e. The van der Waals surface area contributed by atoms with E-state index < -0.39 is 0 Å². The van der Waals surface area contributed by atoms with Crippen LogP contribution >= 0.6 is 0 Å². The van der Waals surface area contributed by atoms with Crippen LogP contribution in [0.1, 0.15) is 0 Å². The third kappa shape index (κ3) is 13.4. The summed E-state index contributed by atoms with van der Waals surface area (Å²) in [4.78, 5) is 0. The zero-order valence-electron chi connectivity index (χ0n) is 69.3. The summed E-state index contributed by atoms with van der Waals surface area (Å²) in [7, 11) is 0. The van der Waals surface area contributed by atoms with Gasteiger partial charge in [0.15, 0.2) is 0 Å². The highest BCUT2D eigenvalue weighted by molar-refractivity contribution is 6.27. The summed E-state index contributed by atoms with van der Waals surface area (Å²) < 4.78 is 0. The van der Waals surface area contributed by atoms with Crippen molar-refractivity contribution in [3.8, 4) is 111 Å². The molecule has 0 radical (unpaired) electrons. The summed E-state index contributed by atoms with van der Waals surface area (Å²) in [6, 6.07) is 182. The lowest BCUT2D eigenvalue weighted by atomic mass is 9.82. The number of hydrogen-bond acceptors (Lipinski definition) is 0. The van der Waals surface area contributed by atoms with Crippen molar-refractivity contribution in [3.63, 3.8) is 0 Å². The van der Waals surface area contributed by atoms with Gasteiger partial charge in [-0.3, -0.25) is 0 Å². The Balaban J connectivity index is 0.000000109. The maximum absolute atomic E-state index is 2.41. The Hall–Kier alpha value is -16.4. The van der Waals surface area contributed by atoms with Crippen molar-refractivity contribution in [2.24, 2.45) is 0 Å². The lowest BCUT2D eigenvalue weighted by molar-refractivity contribution is 1.61. The number of rotatable bonds is 10. The van der Waals surface area contributed by atoms with Crippen LogP contribution in [-0.2, 0) is 0 Å². The minimum absolute atomic E-state index is 1.23. The second-order valence-electron chi connectivity index (χ2n) is 33.0. The highest BCUT2D eigenvalue weighted by Gasteiger charge is 2.24. The zero-order chi connectivity index (χ0) is 83.4. The Labute approximate surface area is 732 Å². The average molecular weight is 1600 g/mol. The lowest BCUT2D eigenvalue weighted by Gasteiger charge is -2.21.